The summed E-state index contributed by atoms with van der Waals surface area (Å²) < 4.78 is 5.11. The largest absolute Gasteiger partial charge is 0.497 e. The molecule has 1 rings (SSSR count). The average Bonchev–Trinajstić information content (AvgIpc) is 2.15. The van der Waals surface area contributed by atoms with E-state index in [1.54, 1.807) is 7.11 Å². The number of ether oxygens (including phenoxy) is 1. The third kappa shape index (κ3) is 2.55. The van der Waals surface area contributed by atoms with Crippen LogP contribution in [-0.4, -0.2) is 13.7 Å². The van der Waals surface area contributed by atoms with E-state index in [9.17, 15) is 0 Å². The van der Waals surface area contributed by atoms with Gasteiger partial charge in [-0.05, 0) is 24.2 Å². The van der Waals surface area contributed by atoms with Gasteiger partial charge in [0.15, 0.2) is 0 Å². The van der Waals surface area contributed by atoms with Crippen LogP contribution in [0.25, 0.3) is 0 Å². The highest BCUT2D eigenvalue weighted by molar-refractivity contribution is 5.28. The zero-order chi connectivity index (χ0) is 8.81. The van der Waals surface area contributed by atoms with Gasteiger partial charge in [-0.15, -0.1) is 0 Å². The van der Waals surface area contributed by atoms with E-state index >= 15 is 0 Å². The van der Waals surface area contributed by atoms with E-state index in [1.807, 2.05) is 18.2 Å². The lowest BCUT2D eigenvalue weighted by atomic mass is 10.2. The molecular weight excluding hydrogens is 150 g/mol. The Morgan fingerprint density at radius 2 is 2.25 bits per heavy atom. The maximum Gasteiger partial charge on any atom is 0.119 e. The summed E-state index contributed by atoms with van der Waals surface area (Å²) in [4.78, 5) is 0. The van der Waals surface area contributed by atoms with Gasteiger partial charge in [-0.2, -0.15) is 0 Å². The molecule has 2 nitrogen and oxygen atoms in total. The van der Waals surface area contributed by atoms with Crippen molar-refractivity contribution in [2.45, 2.75) is 13.5 Å². The van der Waals surface area contributed by atoms with Crippen molar-refractivity contribution in [1.82, 2.24) is 5.32 Å². The molecular formula is C10H15NO. The molecule has 0 amide bonds. The van der Waals surface area contributed by atoms with E-state index in [0.717, 1.165) is 18.8 Å². The van der Waals surface area contributed by atoms with Gasteiger partial charge in [0.25, 0.3) is 0 Å². The van der Waals surface area contributed by atoms with Crippen LogP contribution in [0.5, 0.6) is 5.75 Å². The fraction of sp³-hybridized carbons (Fsp3) is 0.400. The van der Waals surface area contributed by atoms with Crippen molar-refractivity contribution in [3.05, 3.63) is 29.8 Å². The molecule has 0 radical (unpaired) electrons. The van der Waals surface area contributed by atoms with Gasteiger partial charge in [0, 0.05) is 6.54 Å². The van der Waals surface area contributed by atoms with Gasteiger partial charge in [0.05, 0.1) is 7.11 Å². The molecule has 0 saturated heterocycles. The molecule has 0 aliphatic rings. The van der Waals surface area contributed by atoms with Gasteiger partial charge in [-0.3, -0.25) is 0 Å². The molecule has 0 bridgehead atoms. The van der Waals surface area contributed by atoms with Gasteiger partial charge < -0.3 is 10.1 Å². The van der Waals surface area contributed by atoms with Crippen molar-refractivity contribution in [1.29, 1.82) is 0 Å². The van der Waals surface area contributed by atoms with Crippen LogP contribution in [0.1, 0.15) is 12.5 Å². The van der Waals surface area contributed by atoms with Gasteiger partial charge in [-0.1, -0.05) is 19.1 Å². The van der Waals surface area contributed by atoms with Gasteiger partial charge in [0.2, 0.25) is 0 Å². The summed E-state index contributed by atoms with van der Waals surface area (Å²) in [5.74, 6) is 0.922. The summed E-state index contributed by atoms with van der Waals surface area (Å²) in [6.45, 7) is 4.01. The Labute approximate surface area is 73.6 Å². The smallest absolute Gasteiger partial charge is 0.119 e. The fourth-order valence-electron chi connectivity index (χ4n) is 1.05. The summed E-state index contributed by atoms with van der Waals surface area (Å²) in [6.07, 6.45) is 0. The normalized spacial score (nSPS) is 9.83. The van der Waals surface area contributed by atoms with Crippen LogP contribution < -0.4 is 10.1 Å². The van der Waals surface area contributed by atoms with Crippen molar-refractivity contribution >= 4 is 0 Å². The number of benzene rings is 1. The monoisotopic (exact) mass is 165 g/mol. The molecule has 0 heterocycles. The molecule has 66 valence electrons. The first-order valence-electron chi connectivity index (χ1n) is 4.20. The van der Waals surface area contributed by atoms with Crippen molar-refractivity contribution in [2.24, 2.45) is 0 Å². The second-order valence-electron chi connectivity index (χ2n) is 2.63. The van der Waals surface area contributed by atoms with Crippen molar-refractivity contribution in [3.63, 3.8) is 0 Å². The summed E-state index contributed by atoms with van der Waals surface area (Å²) in [5.41, 5.74) is 1.26. The molecule has 0 saturated carbocycles. The Morgan fingerprint density at radius 1 is 1.42 bits per heavy atom. The minimum absolute atomic E-state index is 0.910. The number of hydrogen-bond donors (Lipinski definition) is 1. The van der Waals surface area contributed by atoms with Crippen LogP contribution in [0.2, 0.25) is 0 Å². The standard InChI is InChI=1S/C10H15NO/c1-3-11-8-9-5-4-6-10(7-9)12-2/h4-7,11H,3,8H2,1-2H3. The number of nitrogens with one attached hydrogen (secondary N) is 1. The number of hydrogen-bond acceptors (Lipinski definition) is 2. The zero-order valence-electron chi connectivity index (χ0n) is 7.63. The Hall–Kier alpha value is -1.02. The van der Waals surface area contributed by atoms with Crippen molar-refractivity contribution < 1.29 is 4.74 Å². The molecule has 2 heteroatoms. The molecule has 0 aliphatic heterocycles. The third-order valence-corrected chi connectivity index (χ3v) is 1.71. The van der Waals surface area contributed by atoms with Crippen LogP contribution in [0, 0.1) is 0 Å². The van der Waals surface area contributed by atoms with E-state index in [0.29, 0.717) is 0 Å². The zero-order valence-corrected chi connectivity index (χ0v) is 7.63. The summed E-state index contributed by atoms with van der Waals surface area (Å²) >= 11 is 0. The highest BCUT2D eigenvalue weighted by Gasteiger charge is 1.93. The first-order chi connectivity index (χ1) is 5.86. The molecule has 1 aromatic rings. The number of methoxy groups -OCH3 is 1. The lowest BCUT2D eigenvalue weighted by Gasteiger charge is -2.04. The molecule has 1 N–H and O–H groups in total. The summed E-state index contributed by atoms with van der Waals surface area (Å²) in [7, 11) is 1.69. The van der Waals surface area contributed by atoms with Crippen LogP contribution in [-0.2, 0) is 6.54 Å². The number of rotatable bonds is 4. The maximum atomic E-state index is 5.11. The van der Waals surface area contributed by atoms with E-state index in [1.165, 1.54) is 5.56 Å². The van der Waals surface area contributed by atoms with E-state index in [-0.39, 0.29) is 0 Å². The first-order valence-corrected chi connectivity index (χ1v) is 4.20. The molecule has 12 heavy (non-hydrogen) atoms. The predicted octanol–water partition coefficient (Wildman–Crippen LogP) is 1.80. The van der Waals surface area contributed by atoms with Gasteiger partial charge in [0.1, 0.15) is 5.75 Å². The van der Waals surface area contributed by atoms with E-state index in [4.69, 9.17) is 4.74 Å². The Bertz CT molecular complexity index is 235. The maximum absolute atomic E-state index is 5.11. The minimum atomic E-state index is 0.910. The second kappa shape index (κ2) is 4.78. The van der Waals surface area contributed by atoms with Crippen LogP contribution in [0.15, 0.2) is 24.3 Å². The second-order valence-corrected chi connectivity index (χ2v) is 2.63. The molecule has 0 spiro atoms. The SMILES string of the molecule is CCNCc1cccc(OC)c1. The molecule has 0 fully saturated rings. The van der Waals surface area contributed by atoms with Crippen LogP contribution >= 0.6 is 0 Å². The highest BCUT2D eigenvalue weighted by Crippen LogP contribution is 2.11. The molecule has 0 aromatic heterocycles. The van der Waals surface area contributed by atoms with Gasteiger partial charge in [-0.25, -0.2) is 0 Å². The average molecular weight is 165 g/mol. The first kappa shape index (κ1) is 9.07. The van der Waals surface area contributed by atoms with Crippen molar-refractivity contribution in [2.75, 3.05) is 13.7 Å². The molecule has 0 aliphatic carbocycles. The van der Waals surface area contributed by atoms with Crippen LogP contribution in [0.4, 0.5) is 0 Å². The lowest BCUT2D eigenvalue weighted by molar-refractivity contribution is 0.414. The predicted molar refractivity (Wildman–Crippen MR) is 50.4 cm³/mol. The summed E-state index contributed by atoms with van der Waals surface area (Å²) in [6, 6.07) is 8.09. The van der Waals surface area contributed by atoms with Gasteiger partial charge >= 0.3 is 0 Å². The third-order valence-electron chi connectivity index (χ3n) is 1.71. The quantitative estimate of drug-likeness (QED) is 0.734. The lowest BCUT2D eigenvalue weighted by Crippen LogP contribution is -2.11. The minimum Gasteiger partial charge on any atom is -0.497 e. The topological polar surface area (TPSA) is 21.3 Å². The Balaban J connectivity index is 2.60. The van der Waals surface area contributed by atoms with Crippen LogP contribution in [0.3, 0.4) is 0 Å². The van der Waals surface area contributed by atoms with Crippen molar-refractivity contribution in [3.8, 4) is 5.75 Å². The summed E-state index contributed by atoms with van der Waals surface area (Å²) in [5, 5.41) is 3.26. The van der Waals surface area contributed by atoms with E-state index in [2.05, 4.69) is 18.3 Å². The Morgan fingerprint density at radius 3 is 2.92 bits per heavy atom. The molecule has 0 atom stereocenters. The fourth-order valence-corrected chi connectivity index (χ4v) is 1.05. The molecule has 1 aromatic carbocycles. The van der Waals surface area contributed by atoms with E-state index < -0.39 is 0 Å². The highest BCUT2D eigenvalue weighted by atomic mass is 16.5. The molecule has 0 unspecified atom stereocenters. The Kier molecular flexibility index (Phi) is 3.61.